The topological polar surface area (TPSA) is 54.0 Å². The van der Waals surface area contributed by atoms with E-state index in [-0.39, 0.29) is 6.03 Å². The normalized spacial score (nSPS) is 10.7. The summed E-state index contributed by atoms with van der Waals surface area (Å²) in [4.78, 5) is 16.1. The molecule has 31 heavy (non-hydrogen) atoms. The van der Waals surface area contributed by atoms with Crippen molar-refractivity contribution in [3.05, 3.63) is 120 Å². The molecule has 0 saturated carbocycles. The van der Waals surface area contributed by atoms with Gasteiger partial charge in [0.2, 0.25) is 0 Å². The van der Waals surface area contributed by atoms with Crippen molar-refractivity contribution >= 4 is 23.9 Å². The molecule has 4 heteroatoms. The third-order valence-corrected chi connectivity index (χ3v) is 4.85. The molecular formula is C27H23N3O. The van der Waals surface area contributed by atoms with Gasteiger partial charge < -0.3 is 10.6 Å². The van der Waals surface area contributed by atoms with E-state index in [4.69, 9.17) is 0 Å². The number of rotatable bonds is 6. The lowest BCUT2D eigenvalue weighted by Gasteiger charge is -2.08. The zero-order chi connectivity index (χ0) is 21.3. The molecule has 4 nitrogen and oxygen atoms in total. The summed E-state index contributed by atoms with van der Waals surface area (Å²) in [6.07, 6.45) is 7.64. The molecule has 152 valence electrons. The lowest BCUT2D eigenvalue weighted by Crippen LogP contribution is -2.28. The highest BCUT2D eigenvalue weighted by molar-refractivity contribution is 5.89. The Morgan fingerprint density at radius 1 is 0.806 bits per heavy atom. The summed E-state index contributed by atoms with van der Waals surface area (Å²) in [5, 5.41) is 5.68. The fourth-order valence-corrected chi connectivity index (χ4v) is 3.25. The van der Waals surface area contributed by atoms with Crippen LogP contribution in [0, 0.1) is 0 Å². The van der Waals surface area contributed by atoms with Gasteiger partial charge >= 0.3 is 6.03 Å². The molecule has 4 aromatic rings. The molecule has 2 amide bonds. The number of carbonyl (C=O) groups is 1. The maximum absolute atomic E-state index is 12.1. The maximum atomic E-state index is 12.1. The van der Waals surface area contributed by atoms with Crippen LogP contribution in [0.1, 0.15) is 16.7 Å². The van der Waals surface area contributed by atoms with Gasteiger partial charge in [-0.1, -0.05) is 84.9 Å². The van der Waals surface area contributed by atoms with Gasteiger partial charge in [0.05, 0.1) is 0 Å². The predicted molar refractivity (Wildman–Crippen MR) is 127 cm³/mol. The number of carbonyl (C=O) groups excluding carboxylic acids is 1. The molecule has 1 aromatic heterocycles. The van der Waals surface area contributed by atoms with E-state index in [0.29, 0.717) is 6.54 Å². The van der Waals surface area contributed by atoms with Crippen molar-refractivity contribution < 1.29 is 4.79 Å². The lowest BCUT2D eigenvalue weighted by molar-refractivity contribution is 0.251. The van der Waals surface area contributed by atoms with Crippen molar-refractivity contribution in [3.63, 3.8) is 0 Å². The van der Waals surface area contributed by atoms with Crippen LogP contribution in [0.25, 0.3) is 23.3 Å². The predicted octanol–water partition coefficient (Wildman–Crippen LogP) is 6.24. The molecule has 0 spiro atoms. The summed E-state index contributed by atoms with van der Waals surface area (Å²) in [6, 6.07) is 30.0. The number of pyridine rings is 1. The van der Waals surface area contributed by atoms with Crippen LogP contribution in [-0.4, -0.2) is 11.0 Å². The molecular weight excluding hydrogens is 382 g/mol. The Hall–Kier alpha value is -4.18. The number of amides is 2. The molecule has 0 fully saturated rings. The summed E-state index contributed by atoms with van der Waals surface area (Å²) in [7, 11) is 0. The van der Waals surface area contributed by atoms with Crippen LogP contribution in [-0.2, 0) is 6.54 Å². The Kier molecular flexibility index (Phi) is 6.51. The van der Waals surface area contributed by atoms with Gasteiger partial charge in [-0.2, -0.15) is 0 Å². The van der Waals surface area contributed by atoms with E-state index in [0.717, 1.165) is 22.4 Å². The zero-order valence-electron chi connectivity index (χ0n) is 17.0. The number of benzene rings is 3. The van der Waals surface area contributed by atoms with Gasteiger partial charge in [-0.05, 0) is 46.0 Å². The summed E-state index contributed by atoms with van der Waals surface area (Å²) in [5.74, 6) is 0. The van der Waals surface area contributed by atoms with E-state index in [1.807, 2.05) is 48.5 Å². The van der Waals surface area contributed by atoms with E-state index >= 15 is 0 Å². The standard InChI is InChI=1S/C27H23N3O/c31-27(29-20-22-7-6-18-28-19-22)30-25-16-13-21(14-17-25)12-15-24-10-4-5-11-26(24)23-8-2-1-3-9-23/h1-19H,20H2,(H2,29,30,31)/b15-12+. The fourth-order valence-electron chi connectivity index (χ4n) is 3.25. The molecule has 2 N–H and O–H groups in total. The molecule has 0 aliphatic carbocycles. The first kappa shape index (κ1) is 20.1. The van der Waals surface area contributed by atoms with E-state index in [9.17, 15) is 4.79 Å². The van der Waals surface area contributed by atoms with Crippen molar-refractivity contribution in [2.24, 2.45) is 0 Å². The highest BCUT2D eigenvalue weighted by Gasteiger charge is 2.03. The zero-order valence-corrected chi connectivity index (χ0v) is 17.0. The van der Waals surface area contributed by atoms with Gasteiger partial charge in [-0.3, -0.25) is 4.98 Å². The van der Waals surface area contributed by atoms with Gasteiger partial charge in [-0.25, -0.2) is 4.79 Å². The van der Waals surface area contributed by atoms with Crippen molar-refractivity contribution in [1.82, 2.24) is 10.3 Å². The molecule has 1 heterocycles. The van der Waals surface area contributed by atoms with Crippen molar-refractivity contribution in [2.45, 2.75) is 6.54 Å². The first-order valence-corrected chi connectivity index (χ1v) is 10.1. The lowest BCUT2D eigenvalue weighted by atomic mass is 9.99. The average Bonchev–Trinajstić information content (AvgIpc) is 2.84. The molecule has 0 aliphatic rings. The Morgan fingerprint density at radius 3 is 2.35 bits per heavy atom. The molecule has 0 aliphatic heterocycles. The number of aromatic nitrogens is 1. The Morgan fingerprint density at radius 2 is 1.58 bits per heavy atom. The SMILES string of the molecule is O=C(NCc1cccnc1)Nc1ccc(/C=C/c2ccccc2-c2ccccc2)cc1. The minimum atomic E-state index is -0.246. The number of hydrogen-bond acceptors (Lipinski definition) is 2. The Labute approximate surface area is 182 Å². The summed E-state index contributed by atoms with van der Waals surface area (Å²) in [5.41, 5.74) is 6.30. The van der Waals surface area contributed by atoms with E-state index < -0.39 is 0 Å². The first-order valence-electron chi connectivity index (χ1n) is 10.1. The van der Waals surface area contributed by atoms with Crippen LogP contribution >= 0.6 is 0 Å². The van der Waals surface area contributed by atoms with Crippen LogP contribution in [0.2, 0.25) is 0 Å². The van der Waals surface area contributed by atoms with Gasteiger partial charge in [0.15, 0.2) is 0 Å². The van der Waals surface area contributed by atoms with E-state index in [1.165, 1.54) is 11.1 Å². The van der Waals surface area contributed by atoms with Crippen molar-refractivity contribution in [1.29, 1.82) is 0 Å². The molecule has 0 unspecified atom stereocenters. The Balaban J connectivity index is 1.38. The van der Waals surface area contributed by atoms with Crippen LogP contribution in [0.15, 0.2) is 103 Å². The summed E-state index contributed by atoms with van der Waals surface area (Å²) < 4.78 is 0. The second-order valence-electron chi connectivity index (χ2n) is 7.08. The maximum Gasteiger partial charge on any atom is 0.319 e. The minimum Gasteiger partial charge on any atom is -0.334 e. The molecule has 0 saturated heterocycles. The molecule has 4 rings (SSSR count). The minimum absolute atomic E-state index is 0.246. The fraction of sp³-hybridized carbons (Fsp3) is 0.0370. The van der Waals surface area contributed by atoms with Crippen LogP contribution < -0.4 is 10.6 Å². The third-order valence-electron chi connectivity index (χ3n) is 4.85. The summed E-state index contributed by atoms with van der Waals surface area (Å²) in [6.45, 7) is 0.432. The number of nitrogens with one attached hydrogen (secondary N) is 2. The quantitative estimate of drug-likeness (QED) is 0.373. The van der Waals surface area contributed by atoms with E-state index in [1.54, 1.807) is 12.4 Å². The second kappa shape index (κ2) is 10.0. The van der Waals surface area contributed by atoms with E-state index in [2.05, 4.69) is 70.2 Å². The number of nitrogens with zero attached hydrogens (tertiary/aromatic N) is 1. The number of hydrogen-bond donors (Lipinski definition) is 2. The number of anilines is 1. The third kappa shape index (κ3) is 5.67. The molecule has 3 aromatic carbocycles. The number of urea groups is 1. The molecule has 0 bridgehead atoms. The van der Waals surface area contributed by atoms with Gasteiger partial charge in [0, 0.05) is 24.6 Å². The van der Waals surface area contributed by atoms with Crippen LogP contribution in [0.4, 0.5) is 10.5 Å². The largest absolute Gasteiger partial charge is 0.334 e. The monoisotopic (exact) mass is 405 g/mol. The molecule has 0 radical (unpaired) electrons. The highest BCUT2D eigenvalue weighted by Crippen LogP contribution is 2.25. The van der Waals surface area contributed by atoms with Crippen LogP contribution in [0.3, 0.4) is 0 Å². The second-order valence-corrected chi connectivity index (χ2v) is 7.08. The smallest absolute Gasteiger partial charge is 0.319 e. The highest BCUT2D eigenvalue weighted by atomic mass is 16.2. The average molecular weight is 406 g/mol. The summed E-state index contributed by atoms with van der Waals surface area (Å²) >= 11 is 0. The van der Waals surface area contributed by atoms with Crippen LogP contribution in [0.5, 0.6) is 0 Å². The van der Waals surface area contributed by atoms with Gasteiger partial charge in [0.25, 0.3) is 0 Å². The van der Waals surface area contributed by atoms with Gasteiger partial charge in [0.1, 0.15) is 0 Å². The first-order chi connectivity index (χ1) is 15.3. The Bertz CT molecular complexity index is 1150. The molecule has 0 atom stereocenters. The van der Waals surface area contributed by atoms with Gasteiger partial charge in [-0.15, -0.1) is 0 Å². The van der Waals surface area contributed by atoms with Crippen molar-refractivity contribution in [3.8, 4) is 11.1 Å². The van der Waals surface area contributed by atoms with Crippen molar-refractivity contribution in [2.75, 3.05) is 5.32 Å².